The van der Waals surface area contributed by atoms with Gasteiger partial charge in [0, 0.05) is 38.6 Å². The van der Waals surface area contributed by atoms with E-state index in [9.17, 15) is 4.79 Å². The average Bonchev–Trinajstić information content (AvgIpc) is 3.04. The van der Waals surface area contributed by atoms with Crippen LogP contribution in [0.2, 0.25) is 0 Å². The van der Waals surface area contributed by atoms with Gasteiger partial charge in [0.05, 0.1) is 0 Å². The van der Waals surface area contributed by atoms with E-state index in [0.29, 0.717) is 19.1 Å². The van der Waals surface area contributed by atoms with Gasteiger partial charge in [0.1, 0.15) is 5.82 Å². The Morgan fingerprint density at radius 2 is 2.03 bits per heavy atom. The molecule has 8 nitrogen and oxygen atoms in total. The second-order valence-electron chi connectivity index (χ2n) is 7.86. The molecule has 1 unspecified atom stereocenters. The highest BCUT2D eigenvalue weighted by atomic mass is 16.2. The number of guanidine groups is 1. The third kappa shape index (κ3) is 7.49. The summed E-state index contributed by atoms with van der Waals surface area (Å²) in [4.78, 5) is 19.5. The standard InChI is InChI=1S/C21H41N7O/c1-5-22-20(24-18(4)12-10-15-26(6-2)7-3)23-14-11-17-28-21(29)27-16-9-8-13-19(27)25-28/h18H,5-17H2,1-4H3,(H2,22,23,24). The van der Waals surface area contributed by atoms with Gasteiger partial charge in [0.15, 0.2) is 5.96 Å². The fraction of sp³-hybridized carbons (Fsp3) is 0.857. The van der Waals surface area contributed by atoms with Crippen LogP contribution in [0.3, 0.4) is 0 Å². The second kappa shape index (κ2) is 12.7. The summed E-state index contributed by atoms with van der Waals surface area (Å²) in [6.07, 6.45) is 6.24. The lowest BCUT2D eigenvalue weighted by Crippen LogP contribution is -2.42. The first-order chi connectivity index (χ1) is 14.1. The number of aromatic nitrogens is 3. The third-order valence-corrected chi connectivity index (χ3v) is 5.56. The maximum absolute atomic E-state index is 12.4. The fourth-order valence-electron chi connectivity index (χ4n) is 3.79. The van der Waals surface area contributed by atoms with Crippen molar-refractivity contribution < 1.29 is 0 Å². The number of aliphatic imine (C=N–C) groups is 1. The number of hydrogen-bond acceptors (Lipinski definition) is 4. The van der Waals surface area contributed by atoms with Gasteiger partial charge in [0.2, 0.25) is 0 Å². The summed E-state index contributed by atoms with van der Waals surface area (Å²) >= 11 is 0. The molecule has 0 amide bonds. The number of rotatable bonds is 12. The first-order valence-corrected chi connectivity index (χ1v) is 11.5. The molecule has 1 aromatic rings. The minimum atomic E-state index is 0.0375. The van der Waals surface area contributed by atoms with E-state index in [2.05, 4.69) is 53.3 Å². The molecule has 1 atom stereocenters. The zero-order valence-electron chi connectivity index (χ0n) is 18.9. The van der Waals surface area contributed by atoms with Crippen LogP contribution in [-0.4, -0.2) is 64.0 Å². The molecule has 1 aliphatic rings. The summed E-state index contributed by atoms with van der Waals surface area (Å²) in [5.74, 6) is 1.80. The van der Waals surface area contributed by atoms with E-state index in [0.717, 1.165) is 76.6 Å². The Labute approximate surface area is 175 Å². The Balaban J connectivity index is 1.77. The van der Waals surface area contributed by atoms with Gasteiger partial charge < -0.3 is 15.5 Å². The molecule has 2 N–H and O–H groups in total. The smallest absolute Gasteiger partial charge is 0.345 e. The zero-order chi connectivity index (χ0) is 21.1. The van der Waals surface area contributed by atoms with Gasteiger partial charge in [0.25, 0.3) is 0 Å². The van der Waals surface area contributed by atoms with Crippen molar-refractivity contribution in [2.75, 3.05) is 32.7 Å². The normalized spacial score (nSPS) is 15.4. The molecular formula is C21H41N7O. The van der Waals surface area contributed by atoms with Crippen LogP contribution in [0, 0.1) is 0 Å². The van der Waals surface area contributed by atoms with E-state index in [1.807, 2.05) is 4.57 Å². The van der Waals surface area contributed by atoms with Crippen LogP contribution in [0.1, 0.15) is 65.6 Å². The van der Waals surface area contributed by atoms with Crippen molar-refractivity contribution in [3.05, 3.63) is 16.3 Å². The second-order valence-corrected chi connectivity index (χ2v) is 7.86. The van der Waals surface area contributed by atoms with Gasteiger partial charge in [-0.1, -0.05) is 13.8 Å². The summed E-state index contributed by atoms with van der Waals surface area (Å²) in [5, 5.41) is 11.3. The summed E-state index contributed by atoms with van der Waals surface area (Å²) in [5.41, 5.74) is 0.0375. The number of aryl methyl sites for hydroxylation is 2. The highest BCUT2D eigenvalue weighted by molar-refractivity contribution is 5.80. The monoisotopic (exact) mass is 407 g/mol. The molecule has 2 heterocycles. The van der Waals surface area contributed by atoms with Crippen LogP contribution in [0.5, 0.6) is 0 Å². The maximum Gasteiger partial charge on any atom is 0.345 e. The van der Waals surface area contributed by atoms with E-state index in [1.165, 1.54) is 6.42 Å². The number of nitrogens with one attached hydrogen (secondary N) is 2. The lowest BCUT2D eigenvalue weighted by Gasteiger charge is -2.21. The maximum atomic E-state index is 12.4. The Kier molecular flexibility index (Phi) is 10.2. The first kappa shape index (κ1) is 23.4. The van der Waals surface area contributed by atoms with Crippen molar-refractivity contribution in [2.24, 2.45) is 4.99 Å². The predicted molar refractivity (Wildman–Crippen MR) is 120 cm³/mol. The van der Waals surface area contributed by atoms with Crippen molar-refractivity contribution in [3.63, 3.8) is 0 Å². The number of hydrogen-bond donors (Lipinski definition) is 2. The van der Waals surface area contributed by atoms with E-state index >= 15 is 0 Å². The summed E-state index contributed by atoms with van der Waals surface area (Å²) in [6.45, 7) is 15.1. The van der Waals surface area contributed by atoms with Crippen LogP contribution in [0.4, 0.5) is 0 Å². The molecule has 0 bridgehead atoms. The van der Waals surface area contributed by atoms with Gasteiger partial charge in [-0.05, 0) is 65.6 Å². The molecule has 0 aliphatic carbocycles. The van der Waals surface area contributed by atoms with Gasteiger partial charge in [-0.15, -0.1) is 0 Å². The zero-order valence-corrected chi connectivity index (χ0v) is 18.9. The van der Waals surface area contributed by atoms with Crippen LogP contribution >= 0.6 is 0 Å². The minimum Gasteiger partial charge on any atom is -0.357 e. The third-order valence-electron chi connectivity index (χ3n) is 5.56. The Hall–Kier alpha value is -1.83. The van der Waals surface area contributed by atoms with Gasteiger partial charge in [-0.3, -0.25) is 9.56 Å². The lowest BCUT2D eigenvalue weighted by atomic mass is 10.2. The molecular weight excluding hydrogens is 366 g/mol. The van der Waals surface area contributed by atoms with Gasteiger partial charge >= 0.3 is 5.69 Å². The lowest BCUT2D eigenvalue weighted by molar-refractivity contribution is 0.292. The van der Waals surface area contributed by atoms with Crippen molar-refractivity contribution in [2.45, 2.75) is 85.4 Å². The molecule has 0 radical (unpaired) electrons. The van der Waals surface area contributed by atoms with Crippen LogP contribution in [0.25, 0.3) is 0 Å². The first-order valence-electron chi connectivity index (χ1n) is 11.5. The largest absolute Gasteiger partial charge is 0.357 e. The van der Waals surface area contributed by atoms with Crippen molar-refractivity contribution in [3.8, 4) is 0 Å². The summed E-state index contributed by atoms with van der Waals surface area (Å²) < 4.78 is 3.45. The van der Waals surface area contributed by atoms with Crippen molar-refractivity contribution >= 4 is 5.96 Å². The summed E-state index contributed by atoms with van der Waals surface area (Å²) in [6, 6.07) is 0.380. The van der Waals surface area contributed by atoms with Crippen molar-refractivity contribution in [1.82, 2.24) is 29.9 Å². The SMILES string of the molecule is CCNC(=NCCCn1nc2n(c1=O)CCCC2)NC(C)CCCN(CC)CC. The van der Waals surface area contributed by atoms with E-state index < -0.39 is 0 Å². The number of fused-ring (bicyclic) bond motifs is 1. The molecule has 8 heteroatoms. The van der Waals surface area contributed by atoms with E-state index in [4.69, 9.17) is 0 Å². The van der Waals surface area contributed by atoms with E-state index in [-0.39, 0.29) is 5.69 Å². The molecule has 2 rings (SSSR count). The minimum absolute atomic E-state index is 0.0375. The highest BCUT2D eigenvalue weighted by Gasteiger charge is 2.16. The molecule has 1 aromatic heterocycles. The van der Waals surface area contributed by atoms with Gasteiger partial charge in [-0.25, -0.2) is 9.48 Å². The predicted octanol–water partition coefficient (Wildman–Crippen LogP) is 1.84. The van der Waals surface area contributed by atoms with Crippen molar-refractivity contribution in [1.29, 1.82) is 0 Å². The molecule has 0 saturated heterocycles. The van der Waals surface area contributed by atoms with Crippen LogP contribution in [0.15, 0.2) is 9.79 Å². The van der Waals surface area contributed by atoms with Gasteiger partial charge in [-0.2, -0.15) is 5.10 Å². The average molecular weight is 408 g/mol. The Bertz CT molecular complexity index is 675. The Morgan fingerprint density at radius 3 is 2.72 bits per heavy atom. The van der Waals surface area contributed by atoms with Crippen LogP contribution in [-0.2, 0) is 19.5 Å². The molecule has 0 aromatic carbocycles. The van der Waals surface area contributed by atoms with Crippen LogP contribution < -0.4 is 16.3 Å². The molecule has 0 spiro atoms. The molecule has 0 saturated carbocycles. The Morgan fingerprint density at radius 1 is 1.24 bits per heavy atom. The quantitative estimate of drug-likeness (QED) is 0.314. The molecule has 1 aliphatic heterocycles. The topological polar surface area (TPSA) is 79.5 Å². The fourth-order valence-corrected chi connectivity index (χ4v) is 3.79. The highest BCUT2D eigenvalue weighted by Crippen LogP contribution is 2.09. The van der Waals surface area contributed by atoms with E-state index in [1.54, 1.807) is 4.68 Å². The molecule has 0 fully saturated rings. The summed E-state index contributed by atoms with van der Waals surface area (Å²) in [7, 11) is 0. The molecule has 29 heavy (non-hydrogen) atoms. The molecule has 166 valence electrons. The number of nitrogens with zero attached hydrogens (tertiary/aromatic N) is 5.